The normalized spacial score (nSPS) is 34.2. The van der Waals surface area contributed by atoms with Crippen molar-refractivity contribution in [2.45, 2.75) is 26.6 Å². The van der Waals surface area contributed by atoms with Gasteiger partial charge < -0.3 is 14.2 Å². The molecule has 0 amide bonds. The Balaban J connectivity index is 2.44. The average Bonchev–Trinajstić information content (AvgIpc) is 2.18. The molecule has 1 rings (SSSR count). The second kappa shape index (κ2) is 4.63. The molecule has 0 aromatic rings. The Morgan fingerprint density at radius 1 is 1.54 bits per heavy atom. The summed E-state index contributed by atoms with van der Waals surface area (Å²) in [6.07, 6.45) is 2.38. The van der Waals surface area contributed by atoms with Gasteiger partial charge in [0.05, 0.1) is 31.5 Å². The molecule has 0 saturated carbocycles. The molecule has 1 aliphatic heterocycles. The minimum atomic E-state index is -0.0802. The lowest BCUT2D eigenvalue weighted by Gasteiger charge is -2.37. The van der Waals surface area contributed by atoms with Crippen LogP contribution in [-0.4, -0.2) is 26.1 Å². The van der Waals surface area contributed by atoms with Gasteiger partial charge in [-0.15, -0.1) is 0 Å². The lowest BCUT2D eigenvalue weighted by atomic mass is 9.87. The highest BCUT2D eigenvalue weighted by Gasteiger charge is 2.34. The summed E-state index contributed by atoms with van der Waals surface area (Å²) in [6.45, 7) is 9.59. The summed E-state index contributed by atoms with van der Waals surface area (Å²) < 4.78 is 16.1. The van der Waals surface area contributed by atoms with Crippen molar-refractivity contribution in [3.05, 3.63) is 12.8 Å². The van der Waals surface area contributed by atoms with E-state index < -0.39 is 0 Å². The van der Waals surface area contributed by atoms with E-state index in [1.807, 2.05) is 6.92 Å². The Bertz CT molecular complexity index is 160. The van der Waals surface area contributed by atoms with Crippen molar-refractivity contribution >= 4 is 0 Å². The van der Waals surface area contributed by atoms with E-state index in [9.17, 15) is 0 Å². The van der Waals surface area contributed by atoms with Gasteiger partial charge in [-0.05, 0) is 13.3 Å². The fourth-order valence-electron chi connectivity index (χ4n) is 1.30. The van der Waals surface area contributed by atoms with Crippen LogP contribution in [0.5, 0.6) is 0 Å². The Labute approximate surface area is 79.7 Å². The molecule has 0 bridgehead atoms. The highest BCUT2D eigenvalue weighted by Crippen LogP contribution is 2.28. The summed E-state index contributed by atoms with van der Waals surface area (Å²) in [4.78, 5) is 0. The van der Waals surface area contributed by atoms with E-state index in [1.165, 1.54) is 6.26 Å². The predicted molar refractivity (Wildman–Crippen MR) is 50.2 cm³/mol. The van der Waals surface area contributed by atoms with Crippen LogP contribution in [0.2, 0.25) is 0 Å². The quantitative estimate of drug-likeness (QED) is 0.628. The highest BCUT2D eigenvalue weighted by atomic mass is 16.7. The minimum absolute atomic E-state index is 0.0146. The predicted octanol–water partition coefficient (Wildman–Crippen LogP) is 1.94. The van der Waals surface area contributed by atoms with E-state index in [4.69, 9.17) is 14.2 Å². The second-order valence-electron chi connectivity index (χ2n) is 3.52. The van der Waals surface area contributed by atoms with Crippen LogP contribution in [0.3, 0.4) is 0 Å². The van der Waals surface area contributed by atoms with Gasteiger partial charge in [0.15, 0.2) is 6.29 Å². The SMILES string of the molecule is C=COCC1(CC)COC(C)OC1. The van der Waals surface area contributed by atoms with Gasteiger partial charge in [-0.25, -0.2) is 0 Å². The molecule has 0 N–H and O–H groups in total. The molecule has 1 fully saturated rings. The molecule has 0 aromatic heterocycles. The van der Waals surface area contributed by atoms with Gasteiger partial charge in [0.1, 0.15) is 0 Å². The van der Waals surface area contributed by atoms with Crippen molar-refractivity contribution in [2.24, 2.45) is 5.41 Å². The number of rotatable bonds is 4. The van der Waals surface area contributed by atoms with Gasteiger partial charge in [-0.1, -0.05) is 13.5 Å². The Morgan fingerprint density at radius 2 is 2.15 bits per heavy atom. The third-order valence-corrected chi connectivity index (χ3v) is 2.51. The van der Waals surface area contributed by atoms with E-state index in [0.29, 0.717) is 19.8 Å². The van der Waals surface area contributed by atoms with E-state index in [-0.39, 0.29) is 11.7 Å². The zero-order chi connectivity index (χ0) is 9.73. The van der Waals surface area contributed by atoms with Crippen molar-refractivity contribution in [3.8, 4) is 0 Å². The number of ether oxygens (including phenoxy) is 3. The Morgan fingerprint density at radius 3 is 2.62 bits per heavy atom. The third kappa shape index (κ3) is 2.71. The molecule has 1 saturated heterocycles. The van der Waals surface area contributed by atoms with Gasteiger partial charge in [-0.3, -0.25) is 0 Å². The van der Waals surface area contributed by atoms with E-state index >= 15 is 0 Å². The smallest absolute Gasteiger partial charge is 0.154 e. The summed E-state index contributed by atoms with van der Waals surface area (Å²) in [5.74, 6) is 0. The van der Waals surface area contributed by atoms with Crippen molar-refractivity contribution in [3.63, 3.8) is 0 Å². The van der Waals surface area contributed by atoms with Crippen LogP contribution in [0.4, 0.5) is 0 Å². The summed E-state index contributed by atoms with van der Waals surface area (Å²) in [7, 11) is 0. The summed E-state index contributed by atoms with van der Waals surface area (Å²) >= 11 is 0. The fourth-order valence-corrected chi connectivity index (χ4v) is 1.30. The van der Waals surface area contributed by atoms with Crippen molar-refractivity contribution in [1.29, 1.82) is 0 Å². The minimum Gasteiger partial charge on any atom is -0.501 e. The van der Waals surface area contributed by atoms with Crippen LogP contribution < -0.4 is 0 Å². The van der Waals surface area contributed by atoms with Gasteiger partial charge in [0.25, 0.3) is 0 Å². The van der Waals surface area contributed by atoms with Gasteiger partial charge in [0.2, 0.25) is 0 Å². The van der Waals surface area contributed by atoms with Crippen LogP contribution in [0, 0.1) is 5.41 Å². The molecule has 0 unspecified atom stereocenters. The molecule has 1 aliphatic rings. The molecule has 0 spiro atoms. The summed E-state index contributed by atoms with van der Waals surface area (Å²) in [5.41, 5.74) is 0.0146. The molecule has 13 heavy (non-hydrogen) atoms. The summed E-state index contributed by atoms with van der Waals surface area (Å²) in [5, 5.41) is 0. The Hall–Kier alpha value is -0.540. The Kier molecular flexibility index (Phi) is 3.75. The first kappa shape index (κ1) is 10.5. The monoisotopic (exact) mass is 186 g/mol. The maximum Gasteiger partial charge on any atom is 0.154 e. The van der Waals surface area contributed by atoms with Crippen LogP contribution >= 0.6 is 0 Å². The molecular weight excluding hydrogens is 168 g/mol. The molecule has 0 atom stereocenters. The first-order valence-corrected chi connectivity index (χ1v) is 4.68. The lowest BCUT2D eigenvalue weighted by molar-refractivity contribution is -0.229. The molecular formula is C10H18O3. The molecule has 0 aromatic carbocycles. The van der Waals surface area contributed by atoms with Crippen LogP contribution in [0.1, 0.15) is 20.3 Å². The second-order valence-corrected chi connectivity index (χ2v) is 3.52. The molecule has 3 heteroatoms. The fraction of sp³-hybridized carbons (Fsp3) is 0.800. The van der Waals surface area contributed by atoms with Crippen LogP contribution in [0.25, 0.3) is 0 Å². The van der Waals surface area contributed by atoms with E-state index in [0.717, 1.165) is 6.42 Å². The standard InChI is InChI=1S/C10H18O3/c1-4-10(6-11-5-2)7-12-9(3)13-8-10/h5,9H,2,4,6-8H2,1,3H3. The summed E-state index contributed by atoms with van der Waals surface area (Å²) in [6, 6.07) is 0. The number of hydrogen-bond acceptors (Lipinski definition) is 3. The van der Waals surface area contributed by atoms with Gasteiger partial charge in [-0.2, -0.15) is 0 Å². The molecule has 0 aliphatic carbocycles. The number of hydrogen-bond donors (Lipinski definition) is 0. The highest BCUT2D eigenvalue weighted by molar-refractivity contribution is 4.80. The van der Waals surface area contributed by atoms with Crippen molar-refractivity contribution in [1.82, 2.24) is 0 Å². The van der Waals surface area contributed by atoms with Crippen molar-refractivity contribution < 1.29 is 14.2 Å². The van der Waals surface area contributed by atoms with Crippen molar-refractivity contribution in [2.75, 3.05) is 19.8 Å². The molecule has 0 radical (unpaired) electrons. The van der Waals surface area contributed by atoms with Crippen LogP contribution in [0.15, 0.2) is 12.8 Å². The molecule has 3 nitrogen and oxygen atoms in total. The maximum atomic E-state index is 5.45. The van der Waals surface area contributed by atoms with E-state index in [1.54, 1.807) is 0 Å². The first-order valence-electron chi connectivity index (χ1n) is 4.68. The zero-order valence-electron chi connectivity index (χ0n) is 8.41. The van der Waals surface area contributed by atoms with E-state index in [2.05, 4.69) is 13.5 Å². The molecule has 76 valence electrons. The lowest BCUT2D eigenvalue weighted by Crippen LogP contribution is -2.43. The zero-order valence-corrected chi connectivity index (χ0v) is 8.41. The first-order chi connectivity index (χ1) is 6.22. The van der Waals surface area contributed by atoms with Gasteiger partial charge >= 0.3 is 0 Å². The maximum absolute atomic E-state index is 5.45. The topological polar surface area (TPSA) is 27.7 Å². The van der Waals surface area contributed by atoms with Gasteiger partial charge in [0, 0.05) is 0 Å². The van der Waals surface area contributed by atoms with Crippen LogP contribution in [-0.2, 0) is 14.2 Å². The third-order valence-electron chi connectivity index (χ3n) is 2.51. The molecule has 1 heterocycles. The average molecular weight is 186 g/mol. The largest absolute Gasteiger partial charge is 0.501 e.